The molecule has 4 N–H and O–H groups in total. The first kappa shape index (κ1) is 22.4. The number of Topliss-reactive ketones (excluding diaryl/α,β-unsaturated/α-hetero) is 1. The molecule has 0 aromatic heterocycles. The number of hydrogen-bond donors (Lipinski definition) is 4. The first-order valence-electron chi connectivity index (χ1n) is 9.96. The molecule has 0 amide bonds. The molecular weight excluding hydrogens is 436 g/mol. The van der Waals surface area contributed by atoms with Crippen LogP contribution in [0.3, 0.4) is 0 Å². The number of fused-ring (bicyclic) bond motifs is 3. The number of carbonyl (C=O) groups excluding carboxylic acids is 4. The van der Waals surface area contributed by atoms with E-state index in [4.69, 9.17) is 4.74 Å². The molecule has 0 heterocycles. The monoisotopic (exact) mass is 456 g/mol. The van der Waals surface area contributed by atoms with Gasteiger partial charge in [0.05, 0.1) is 29.9 Å². The third kappa shape index (κ3) is 3.26. The highest BCUT2D eigenvalue weighted by atomic mass is 16.5. The molecule has 33 heavy (non-hydrogen) atoms. The SMILES string of the molecule is COc1cccc2c1C(=O)c1c(O)c3c(c(O)c1C2=O)C[C@@](O)(C(=O)COC(C)=O)C[C@H]3O. The molecule has 4 rings (SSSR count). The number of benzene rings is 2. The van der Waals surface area contributed by atoms with Gasteiger partial charge in [-0.15, -0.1) is 0 Å². The van der Waals surface area contributed by atoms with Gasteiger partial charge in [0.1, 0.15) is 22.8 Å². The molecule has 0 saturated heterocycles. The van der Waals surface area contributed by atoms with Crippen molar-refractivity contribution in [3.63, 3.8) is 0 Å². The number of hydrogen-bond acceptors (Lipinski definition) is 10. The zero-order valence-corrected chi connectivity index (χ0v) is 17.7. The summed E-state index contributed by atoms with van der Waals surface area (Å²) in [6, 6.07) is 4.32. The van der Waals surface area contributed by atoms with E-state index in [1.165, 1.54) is 25.3 Å². The standard InChI is InChI=1S/C23H20O10/c1-9(24)33-8-14(26)23(31)6-11-15(12(25)7-23)21(29)18-17(20(11)28)19(27)10-4-3-5-13(32-2)16(10)22(18)30/h3-5,12,25,28-29,31H,6-8H2,1-2H3/t12-,23+/m1/s1. The number of methoxy groups -OCH3 is 1. The zero-order chi connectivity index (χ0) is 24.2. The van der Waals surface area contributed by atoms with E-state index in [9.17, 15) is 39.6 Å². The van der Waals surface area contributed by atoms with Crippen molar-refractivity contribution in [3.05, 3.63) is 51.6 Å². The van der Waals surface area contributed by atoms with E-state index in [1.807, 2.05) is 0 Å². The van der Waals surface area contributed by atoms with Gasteiger partial charge in [-0.05, 0) is 6.07 Å². The molecule has 0 fully saturated rings. The number of rotatable bonds is 4. The maximum atomic E-state index is 13.2. The van der Waals surface area contributed by atoms with E-state index in [0.717, 1.165) is 6.92 Å². The van der Waals surface area contributed by atoms with Crippen LogP contribution in [-0.2, 0) is 20.7 Å². The normalized spacial score (nSPS) is 21.0. The number of esters is 1. The maximum absolute atomic E-state index is 13.2. The summed E-state index contributed by atoms with van der Waals surface area (Å²) in [6.07, 6.45) is -2.84. The third-order valence-electron chi connectivity index (χ3n) is 6.02. The first-order chi connectivity index (χ1) is 15.5. The molecule has 0 radical (unpaired) electrons. The van der Waals surface area contributed by atoms with E-state index in [0.29, 0.717) is 0 Å². The molecule has 2 aliphatic carbocycles. The fourth-order valence-corrected chi connectivity index (χ4v) is 4.46. The maximum Gasteiger partial charge on any atom is 0.303 e. The van der Waals surface area contributed by atoms with Crippen molar-refractivity contribution in [2.75, 3.05) is 13.7 Å². The second-order valence-corrected chi connectivity index (χ2v) is 8.01. The van der Waals surface area contributed by atoms with Gasteiger partial charge in [-0.25, -0.2) is 0 Å². The van der Waals surface area contributed by atoms with Gasteiger partial charge in [0.15, 0.2) is 12.4 Å². The van der Waals surface area contributed by atoms with Crippen molar-refractivity contribution >= 4 is 23.3 Å². The molecule has 2 aromatic rings. The highest BCUT2D eigenvalue weighted by Gasteiger charge is 2.48. The summed E-state index contributed by atoms with van der Waals surface area (Å²) in [5, 5.41) is 43.4. The molecule has 2 atom stereocenters. The van der Waals surface area contributed by atoms with Crippen molar-refractivity contribution in [3.8, 4) is 17.2 Å². The smallest absolute Gasteiger partial charge is 0.303 e. The number of carbonyl (C=O) groups is 4. The fraction of sp³-hybridized carbons (Fsp3) is 0.304. The second-order valence-electron chi connectivity index (χ2n) is 8.01. The summed E-state index contributed by atoms with van der Waals surface area (Å²) in [7, 11) is 1.31. The van der Waals surface area contributed by atoms with Crippen molar-refractivity contribution in [1.82, 2.24) is 0 Å². The Kier molecular flexibility index (Phi) is 5.22. The van der Waals surface area contributed by atoms with Crippen molar-refractivity contribution in [1.29, 1.82) is 0 Å². The van der Waals surface area contributed by atoms with Crippen LogP contribution in [0.2, 0.25) is 0 Å². The van der Waals surface area contributed by atoms with Crippen LogP contribution in [0.25, 0.3) is 0 Å². The van der Waals surface area contributed by atoms with Crippen LogP contribution in [0.1, 0.15) is 62.4 Å². The van der Waals surface area contributed by atoms with Gasteiger partial charge >= 0.3 is 5.97 Å². The second kappa shape index (κ2) is 7.68. The Labute approximate surface area is 187 Å². The quantitative estimate of drug-likeness (QED) is 0.324. The van der Waals surface area contributed by atoms with E-state index in [-0.39, 0.29) is 28.0 Å². The molecule has 172 valence electrons. The number of phenols is 2. The highest BCUT2D eigenvalue weighted by molar-refractivity contribution is 6.31. The van der Waals surface area contributed by atoms with E-state index in [1.54, 1.807) is 0 Å². The predicted molar refractivity (Wildman–Crippen MR) is 110 cm³/mol. The average Bonchev–Trinajstić information content (AvgIpc) is 2.76. The number of aliphatic hydroxyl groups excluding tert-OH is 1. The van der Waals surface area contributed by atoms with E-state index >= 15 is 0 Å². The molecule has 10 heteroatoms. The Morgan fingerprint density at radius 3 is 2.39 bits per heavy atom. The van der Waals surface area contributed by atoms with Gasteiger partial charge in [0.25, 0.3) is 0 Å². The van der Waals surface area contributed by atoms with Gasteiger partial charge in [0, 0.05) is 36.5 Å². The van der Waals surface area contributed by atoms with Gasteiger partial charge < -0.3 is 29.9 Å². The Bertz CT molecular complexity index is 1240. The van der Waals surface area contributed by atoms with Crippen molar-refractivity contribution in [2.45, 2.75) is 31.5 Å². The van der Waals surface area contributed by atoms with E-state index < -0.39 is 77.1 Å². The van der Waals surface area contributed by atoms with Crippen LogP contribution in [0.15, 0.2) is 18.2 Å². The predicted octanol–water partition coefficient (Wildman–Crippen LogP) is 0.725. The summed E-state index contributed by atoms with van der Waals surface area (Å²) < 4.78 is 9.80. The fourth-order valence-electron chi connectivity index (χ4n) is 4.46. The minimum Gasteiger partial charge on any atom is -0.507 e. The zero-order valence-electron chi connectivity index (χ0n) is 17.7. The van der Waals surface area contributed by atoms with Gasteiger partial charge in [-0.2, -0.15) is 0 Å². The van der Waals surface area contributed by atoms with E-state index in [2.05, 4.69) is 4.74 Å². The summed E-state index contributed by atoms with van der Waals surface area (Å²) in [4.78, 5) is 50.0. The third-order valence-corrected chi connectivity index (χ3v) is 6.02. The van der Waals surface area contributed by atoms with Crippen molar-refractivity contribution < 1.29 is 49.1 Å². The Hall–Kier alpha value is -3.76. The summed E-state index contributed by atoms with van der Waals surface area (Å²) in [6.45, 7) is 0.310. The van der Waals surface area contributed by atoms with Gasteiger partial charge in [0.2, 0.25) is 11.6 Å². The largest absolute Gasteiger partial charge is 0.507 e. The lowest BCUT2D eigenvalue weighted by Gasteiger charge is -2.37. The summed E-state index contributed by atoms with van der Waals surface area (Å²) >= 11 is 0. The van der Waals surface area contributed by atoms with Crippen LogP contribution in [0, 0.1) is 0 Å². The molecule has 0 spiro atoms. The van der Waals surface area contributed by atoms with Gasteiger partial charge in [-0.3, -0.25) is 19.2 Å². The lowest BCUT2D eigenvalue weighted by Crippen LogP contribution is -2.47. The molecule has 2 aromatic carbocycles. The van der Waals surface area contributed by atoms with Crippen LogP contribution in [0.5, 0.6) is 17.2 Å². The average molecular weight is 456 g/mol. The van der Waals surface area contributed by atoms with Crippen LogP contribution in [0.4, 0.5) is 0 Å². The summed E-state index contributed by atoms with van der Waals surface area (Å²) in [5.41, 5.74) is -3.91. The topological polar surface area (TPSA) is 168 Å². The van der Waals surface area contributed by atoms with Crippen LogP contribution < -0.4 is 4.74 Å². The highest BCUT2D eigenvalue weighted by Crippen LogP contribution is 2.50. The molecule has 0 aliphatic heterocycles. The minimum atomic E-state index is -2.25. The Morgan fingerprint density at radius 2 is 1.76 bits per heavy atom. The van der Waals surface area contributed by atoms with Crippen LogP contribution in [-0.4, -0.2) is 63.1 Å². The minimum absolute atomic E-state index is 0.0564. The molecule has 0 bridgehead atoms. The molecule has 0 unspecified atom stereocenters. The number of aromatic hydroxyl groups is 2. The summed E-state index contributed by atoms with van der Waals surface area (Å²) in [5.74, 6) is -4.61. The molecular formula is C23H20O10. The number of ketones is 3. The van der Waals surface area contributed by atoms with Gasteiger partial charge in [-0.1, -0.05) is 12.1 Å². The molecule has 2 aliphatic rings. The molecule has 0 saturated carbocycles. The lowest BCUT2D eigenvalue weighted by molar-refractivity contribution is -0.155. The lowest BCUT2D eigenvalue weighted by atomic mass is 9.72. The first-order valence-corrected chi connectivity index (χ1v) is 9.96. The van der Waals surface area contributed by atoms with Crippen LogP contribution >= 0.6 is 0 Å². The number of ether oxygens (including phenoxy) is 2. The number of aliphatic hydroxyl groups is 2. The Morgan fingerprint density at radius 1 is 1.09 bits per heavy atom. The van der Waals surface area contributed by atoms with Crippen molar-refractivity contribution in [2.24, 2.45) is 0 Å². The Balaban J connectivity index is 1.89. The number of phenolic OH excluding ortho intramolecular Hbond substituents is 2. The molecule has 10 nitrogen and oxygen atoms in total.